The van der Waals surface area contributed by atoms with Gasteiger partial charge in [-0.25, -0.2) is 29.5 Å². The molecule has 0 radical (unpaired) electrons. The van der Waals surface area contributed by atoms with Crippen molar-refractivity contribution in [3.8, 4) is 78.9 Å². The highest BCUT2D eigenvalue weighted by atomic mass is 15.1. The fourth-order valence-corrected chi connectivity index (χ4v) is 12.5. The fraction of sp³-hybridized carbons (Fsp3) is 0.195. The third-order valence-electron chi connectivity index (χ3n) is 17.7. The van der Waals surface area contributed by atoms with Gasteiger partial charge in [0, 0.05) is 38.2 Å². The lowest BCUT2D eigenvalue weighted by Crippen LogP contribution is -2.10. The van der Waals surface area contributed by atoms with Crippen LogP contribution in [0, 0.1) is 19.7 Å². The second-order valence-corrected chi connectivity index (χ2v) is 27.9. The van der Waals surface area contributed by atoms with Crippen LogP contribution in [0.1, 0.15) is 105 Å². The fourth-order valence-electron chi connectivity index (χ4n) is 12.5. The van der Waals surface area contributed by atoms with Gasteiger partial charge in [0.2, 0.25) is 0 Å². The minimum Gasteiger partial charge on any atom is -0.308 e. The van der Waals surface area contributed by atoms with Gasteiger partial charge in [0.15, 0.2) is 34.5 Å². The summed E-state index contributed by atoms with van der Waals surface area (Å²) >= 11 is 0. The second kappa shape index (κ2) is 21.8. The molecule has 10 aromatic carbocycles. The molecular formula is C82H70N8. The van der Waals surface area contributed by atoms with Crippen molar-refractivity contribution in [3.63, 3.8) is 0 Å². The van der Waals surface area contributed by atoms with E-state index in [1.54, 1.807) is 0 Å². The first kappa shape index (κ1) is 58.3. The smallest absolute Gasteiger partial charge is 0.194 e. The summed E-state index contributed by atoms with van der Waals surface area (Å²) in [5, 5.41) is 4.58. The summed E-state index contributed by atoms with van der Waals surface area (Å²) in [6.45, 7) is 51.4. The summed E-state index contributed by atoms with van der Waals surface area (Å²) in [7, 11) is 0. The molecule has 0 bridgehead atoms. The number of hydrogen-bond acceptors (Lipinski definition) is 3. The van der Waals surface area contributed by atoms with Gasteiger partial charge in [-0.15, -0.1) is 0 Å². The summed E-state index contributed by atoms with van der Waals surface area (Å²) in [6.07, 6.45) is 0. The molecule has 0 aliphatic carbocycles. The molecule has 8 nitrogen and oxygen atoms in total. The zero-order chi connectivity index (χ0) is 63.2. The molecule has 0 aliphatic rings. The van der Waals surface area contributed by atoms with E-state index in [-0.39, 0.29) is 21.7 Å². The minimum atomic E-state index is -0.112. The lowest BCUT2D eigenvalue weighted by molar-refractivity contribution is 0.590. The first-order valence-corrected chi connectivity index (χ1v) is 30.7. The Balaban J connectivity index is 1.16. The molecule has 0 spiro atoms. The van der Waals surface area contributed by atoms with Gasteiger partial charge in [-0.2, -0.15) is 0 Å². The summed E-state index contributed by atoms with van der Waals surface area (Å²) in [5.41, 5.74) is 19.7. The Morgan fingerprint density at radius 1 is 0.289 bits per heavy atom. The van der Waals surface area contributed by atoms with Gasteiger partial charge in [-0.1, -0.05) is 198 Å². The Hall–Kier alpha value is -10.7. The van der Waals surface area contributed by atoms with Crippen LogP contribution in [0.2, 0.25) is 0 Å². The lowest BCUT2D eigenvalue weighted by atomic mass is 9.85. The van der Waals surface area contributed by atoms with Gasteiger partial charge >= 0.3 is 0 Å². The van der Waals surface area contributed by atoms with Crippen LogP contribution in [0.5, 0.6) is 0 Å². The van der Waals surface area contributed by atoms with Crippen LogP contribution in [-0.2, 0) is 21.7 Å². The van der Waals surface area contributed by atoms with Crippen molar-refractivity contribution < 1.29 is 0 Å². The normalized spacial score (nSPS) is 12.2. The molecule has 0 N–H and O–H groups in total. The standard InChI is InChI=1S/C82H70N8/c1-79(2,3)56-31-37-70-65(46-56)66-47-57(80(4,5)6)32-38-71(66)89(70)74-44-52(50-21-19-25-60(42-50)83-13)29-35-63(74)77-86-76(55-24-18-23-54(41-55)62-27-16-17-28-69(62)85-15)87-78(88-77)64-36-30-53(51-22-20-26-61(43-51)84-14)45-75(64)90-72-39-33-58(81(7,8)9)48-67(72)68-49-59(82(10,11)12)34-40-73(68)90/h16-49H,1-12H3. The monoisotopic (exact) mass is 1170 g/mol. The predicted octanol–water partition coefficient (Wildman–Crippen LogP) is 22.9. The van der Waals surface area contributed by atoms with Crippen LogP contribution in [-0.4, -0.2) is 24.1 Å². The van der Waals surface area contributed by atoms with Crippen LogP contribution in [0.25, 0.3) is 137 Å². The topological polar surface area (TPSA) is 61.6 Å². The first-order valence-electron chi connectivity index (χ1n) is 30.7. The lowest BCUT2D eigenvalue weighted by Gasteiger charge is -2.20. The van der Waals surface area contributed by atoms with E-state index in [0.717, 1.165) is 105 Å². The maximum Gasteiger partial charge on any atom is 0.194 e. The first-order chi connectivity index (χ1) is 43.0. The van der Waals surface area contributed by atoms with Crippen molar-refractivity contribution in [2.45, 2.75) is 105 Å². The SMILES string of the molecule is [C-]#[N+]c1cccc(-c2ccc(-c3nc(-c4cccc(-c5ccccc5[N+]#[C-])c4)nc(-c4ccc(-c5cccc([N+]#[C-])c5)cc4-n4c5ccc(C(C)(C)C)cc5c5cc(C(C)(C)C)ccc54)n3)c(-n3c4ccc(C(C)(C)C)cc4c4cc(C(C)(C)C)ccc43)c2)c1. The summed E-state index contributed by atoms with van der Waals surface area (Å²) in [5.74, 6) is 1.37. The van der Waals surface area contributed by atoms with Crippen LogP contribution < -0.4 is 0 Å². The van der Waals surface area contributed by atoms with Gasteiger partial charge in [-0.3, -0.25) is 0 Å². The average molecular weight is 1170 g/mol. The largest absolute Gasteiger partial charge is 0.308 e. The Labute approximate surface area is 528 Å². The van der Waals surface area contributed by atoms with Gasteiger partial charge in [0.1, 0.15) is 0 Å². The molecule has 0 atom stereocenters. The van der Waals surface area contributed by atoms with Crippen LogP contribution in [0.4, 0.5) is 17.1 Å². The number of nitrogens with zero attached hydrogens (tertiary/aromatic N) is 8. The van der Waals surface area contributed by atoms with Crippen LogP contribution in [0.3, 0.4) is 0 Å². The second-order valence-electron chi connectivity index (χ2n) is 27.9. The van der Waals surface area contributed by atoms with E-state index in [1.807, 2.05) is 78.9 Å². The molecular weight excluding hydrogens is 1100 g/mol. The highest BCUT2D eigenvalue weighted by molar-refractivity contribution is 6.12. The summed E-state index contributed by atoms with van der Waals surface area (Å²) < 4.78 is 4.75. The van der Waals surface area contributed by atoms with Crippen molar-refractivity contribution >= 4 is 60.7 Å². The molecule has 0 amide bonds. The van der Waals surface area contributed by atoms with E-state index in [2.05, 4.69) is 234 Å². The zero-order valence-electron chi connectivity index (χ0n) is 53.2. The molecule has 0 saturated carbocycles. The molecule has 438 valence electrons. The number of aromatic nitrogens is 5. The summed E-state index contributed by atoms with van der Waals surface area (Å²) in [4.78, 5) is 28.6. The average Bonchev–Trinajstić information content (AvgIpc) is 1.57. The Bertz CT molecular complexity index is 4800. The molecule has 0 aliphatic heterocycles. The van der Waals surface area contributed by atoms with E-state index in [9.17, 15) is 0 Å². The number of fused-ring (bicyclic) bond motifs is 6. The third-order valence-corrected chi connectivity index (χ3v) is 17.7. The predicted molar refractivity (Wildman–Crippen MR) is 375 cm³/mol. The van der Waals surface area contributed by atoms with Crippen molar-refractivity contribution in [3.05, 3.63) is 263 Å². The van der Waals surface area contributed by atoms with Crippen molar-refractivity contribution in [2.24, 2.45) is 0 Å². The maximum absolute atomic E-state index is 8.15. The molecule has 13 aromatic rings. The molecule has 3 heterocycles. The van der Waals surface area contributed by atoms with Crippen LogP contribution >= 0.6 is 0 Å². The molecule has 90 heavy (non-hydrogen) atoms. The number of rotatable bonds is 8. The van der Waals surface area contributed by atoms with E-state index in [4.69, 9.17) is 34.7 Å². The Morgan fingerprint density at radius 3 is 1.03 bits per heavy atom. The highest BCUT2D eigenvalue weighted by Gasteiger charge is 2.28. The highest BCUT2D eigenvalue weighted by Crippen LogP contribution is 2.45. The van der Waals surface area contributed by atoms with E-state index in [1.165, 1.54) is 22.3 Å². The Kier molecular flexibility index (Phi) is 14.2. The molecule has 0 saturated heterocycles. The number of para-hydroxylation sites is 1. The maximum atomic E-state index is 8.15. The van der Waals surface area contributed by atoms with Crippen molar-refractivity contribution in [1.82, 2.24) is 24.1 Å². The Morgan fingerprint density at radius 2 is 0.644 bits per heavy atom. The van der Waals surface area contributed by atoms with Crippen LogP contribution in [0.15, 0.2) is 206 Å². The quantitative estimate of drug-likeness (QED) is 0.142. The van der Waals surface area contributed by atoms with E-state index >= 15 is 0 Å². The third kappa shape index (κ3) is 10.6. The van der Waals surface area contributed by atoms with Gasteiger partial charge in [-0.05, 0) is 168 Å². The molecule has 0 unspecified atom stereocenters. The molecule has 3 aromatic heterocycles. The van der Waals surface area contributed by atoms with E-state index < -0.39 is 0 Å². The van der Waals surface area contributed by atoms with E-state index in [0.29, 0.717) is 34.5 Å². The molecule has 8 heteroatoms. The van der Waals surface area contributed by atoms with Crippen molar-refractivity contribution in [2.75, 3.05) is 0 Å². The molecule has 0 fully saturated rings. The van der Waals surface area contributed by atoms with Gasteiger partial charge in [0.25, 0.3) is 0 Å². The van der Waals surface area contributed by atoms with Gasteiger partial charge in [0.05, 0.1) is 53.2 Å². The van der Waals surface area contributed by atoms with Crippen molar-refractivity contribution in [1.29, 1.82) is 0 Å². The number of benzene rings is 10. The number of hydrogen-bond donors (Lipinski definition) is 0. The minimum absolute atomic E-state index is 0.112. The van der Waals surface area contributed by atoms with Gasteiger partial charge < -0.3 is 9.13 Å². The molecule has 13 rings (SSSR count). The zero-order valence-corrected chi connectivity index (χ0v) is 53.2. The summed E-state index contributed by atoms with van der Waals surface area (Å²) in [6, 6.07) is 72.0.